The van der Waals surface area contributed by atoms with Crippen molar-refractivity contribution in [3.8, 4) is 11.1 Å². The summed E-state index contributed by atoms with van der Waals surface area (Å²) >= 11 is 0. The van der Waals surface area contributed by atoms with Crippen LogP contribution in [0.2, 0.25) is 0 Å². The van der Waals surface area contributed by atoms with Gasteiger partial charge in [0.1, 0.15) is 17.0 Å². The van der Waals surface area contributed by atoms with E-state index in [0.29, 0.717) is 11.1 Å². The summed E-state index contributed by atoms with van der Waals surface area (Å²) in [7, 11) is 0. The molecule has 0 saturated heterocycles. The van der Waals surface area contributed by atoms with Crippen molar-refractivity contribution in [3.63, 3.8) is 0 Å². The standard InChI is InChI=1S/C19H21FN2O4/c1-18(2,3)26-17(23)19(4,21)15-10-7-13(11-16(15)22(24)25)12-5-8-14(20)9-6-12/h5-11H,21H2,1-4H3/t19-/m0/s1. The minimum Gasteiger partial charge on any atom is -0.458 e. The molecule has 0 amide bonds. The summed E-state index contributed by atoms with van der Waals surface area (Å²) in [5.41, 5.74) is 4.50. The quantitative estimate of drug-likeness (QED) is 0.506. The number of nitro benzene ring substituents is 1. The van der Waals surface area contributed by atoms with Gasteiger partial charge in [0.15, 0.2) is 0 Å². The van der Waals surface area contributed by atoms with E-state index in [0.717, 1.165) is 0 Å². The monoisotopic (exact) mass is 360 g/mol. The Labute approximate surface area is 150 Å². The number of rotatable bonds is 4. The van der Waals surface area contributed by atoms with E-state index >= 15 is 0 Å². The number of nitrogens with two attached hydrogens (primary N) is 1. The summed E-state index contributed by atoms with van der Waals surface area (Å²) in [6.07, 6.45) is 0. The van der Waals surface area contributed by atoms with Crippen LogP contribution in [0, 0.1) is 15.9 Å². The van der Waals surface area contributed by atoms with Crippen LogP contribution in [0.1, 0.15) is 33.3 Å². The first-order valence-electron chi connectivity index (χ1n) is 7.99. The minimum atomic E-state index is -1.70. The van der Waals surface area contributed by atoms with Gasteiger partial charge >= 0.3 is 5.97 Å². The van der Waals surface area contributed by atoms with Gasteiger partial charge in [0.25, 0.3) is 5.69 Å². The Hall–Kier alpha value is -2.80. The third kappa shape index (κ3) is 4.23. The van der Waals surface area contributed by atoms with Crippen molar-refractivity contribution in [1.82, 2.24) is 0 Å². The fourth-order valence-electron chi connectivity index (χ4n) is 2.44. The van der Waals surface area contributed by atoms with Crippen molar-refractivity contribution in [3.05, 3.63) is 64.0 Å². The summed E-state index contributed by atoms with van der Waals surface area (Å²) < 4.78 is 18.4. The summed E-state index contributed by atoms with van der Waals surface area (Å²) in [4.78, 5) is 23.4. The van der Waals surface area contributed by atoms with E-state index in [-0.39, 0.29) is 11.3 Å². The highest BCUT2D eigenvalue weighted by atomic mass is 19.1. The zero-order valence-electron chi connectivity index (χ0n) is 15.1. The normalized spacial score (nSPS) is 13.8. The number of esters is 1. The van der Waals surface area contributed by atoms with Crippen LogP contribution in [0.15, 0.2) is 42.5 Å². The largest absolute Gasteiger partial charge is 0.458 e. The van der Waals surface area contributed by atoms with E-state index in [1.165, 1.54) is 43.3 Å². The molecule has 2 aromatic rings. The van der Waals surface area contributed by atoms with Crippen LogP contribution in [0.3, 0.4) is 0 Å². The average Bonchev–Trinajstić information content (AvgIpc) is 2.53. The molecule has 2 aromatic carbocycles. The molecule has 0 saturated carbocycles. The number of carbonyl (C=O) groups excluding carboxylic acids is 1. The molecule has 6 nitrogen and oxygen atoms in total. The van der Waals surface area contributed by atoms with Crippen molar-refractivity contribution in [2.24, 2.45) is 5.73 Å². The Balaban J connectivity index is 2.50. The van der Waals surface area contributed by atoms with E-state index in [9.17, 15) is 19.3 Å². The van der Waals surface area contributed by atoms with E-state index in [1.54, 1.807) is 26.8 Å². The number of benzene rings is 2. The molecular weight excluding hydrogens is 339 g/mol. The Morgan fingerprint density at radius 3 is 2.12 bits per heavy atom. The molecule has 0 aromatic heterocycles. The lowest BCUT2D eigenvalue weighted by Crippen LogP contribution is -2.46. The highest BCUT2D eigenvalue weighted by Gasteiger charge is 2.40. The van der Waals surface area contributed by atoms with E-state index in [1.807, 2.05) is 0 Å². The highest BCUT2D eigenvalue weighted by molar-refractivity contribution is 5.84. The van der Waals surface area contributed by atoms with Gasteiger partial charge in [-0.3, -0.25) is 10.1 Å². The molecule has 0 aliphatic rings. The molecule has 0 unspecified atom stereocenters. The molecule has 7 heteroatoms. The summed E-state index contributed by atoms with van der Waals surface area (Å²) in [6.45, 7) is 6.44. The number of carbonyl (C=O) groups is 1. The van der Waals surface area contributed by atoms with Crippen LogP contribution in [0.4, 0.5) is 10.1 Å². The van der Waals surface area contributed by atoms with Crippen molar-refractivity contribution >= 4 is 11.7 Å². The first-order chi connectivity index (χ1) is 11.9. The fraction of sp³-hybridized carbons (Fsp3) is 0.316. The lowest BCUT2D eigenvalue weighted by Gasteiger charge is -2.28. The number of hydrogen-bond donors (Lipinski definition) is 1. The maximum absolute atomic E-state index is 13.1. The first kappa shape index (κ1) is 19.5. The molecule has 2 N–H and O–H groups in total. The molecule has 0 radical (unpaired) electrons. The first-order valence-corrected chi connectivity index (χ1v) is 7.99. The molecule has 0 aliphatic carbocycles. The van der Waals surface area contributed by atoms with Crippen molar-refractivity contribution < 1.29 is 18.8 Å². The number of nitrogens with zero attached hydrogens (tertiary/aromatic N) is 1. The maximum atomic E-state index is 13.1. The predicted octanol–water partition coefficient (Wildman–Crippen LogP) is 3.92. The number of halogens is 1. The van der Waals surface area contributed by atoms with Gasteiger partial charge in [0.2, 0.25) is 0 Å². The molecule has 138 valence electrons. The summed E-state index contributed by atoms with van der Waals surface area (Å²) in [5.74, 6) is -1.16. The van der Waals surface area contributed by atoms with Gasteiger partial charge in [-0.25, -0.2) is 9.18 Å². The van der Waals surface area contributed by atoms with Crippen LogP contribution >= 0.6 is 0 Å². The zero-order valence-corrected chi connectivity index (χ0v) is 15.1. The molecular formula is C19H21FN2O4. The second kappa shape index (κ2) is 6.84. The molecule has 2 rings (SSSR count). The lowest BCUT2D eigenvalue weighted by molar-refractivity contribution is -0.386. The summed E-state index contributed by atoms with van der Waals surface area (Å²) in [5, 5.41) is 11.6. The van der Waals surface area contributed by atoms with Gasteiger partial charge in [0.05, 0.1) is 10.5 Å². The second-order valence-electron chi connectivity index (χ2n) is 7.20. The van der Waals surface area contributed by atoms with Crippen molar-refractivity contribution in [1.29, 1.82) is 0 Å². The molecule has 1 atom stereocenters. The number of hydrogen-bond acceptors (Lipinski definition) is 5. The minimum absolute atomic E-state index is 0.0441. The van der Waals surface area contributed by atoms with Crippen LogP contribution < -0.4 is 5.73 Å². The van der Waals surface area contributed by atoms with Crippen LogP contribution in [-0.2, 0) is 15.1 Å². The number of nitro groups is 1. The smallest absolute Gasteiger partial charge is 0.331 e. The van der Waals surface area contributed by atoms with Crippen LogP contribution in [-0.4, -0.2) is 16.5 Å². The molecule has 0 fully saturated rings. The predicted molar refractivity (Wildman–Crippen MR) is 95.9 cm³/mol. The van der Waals surface area contributed by atoms with Crippen molar-refractivity contribution in [2.75, 3.05) is 0 Å². The maximum Gasteiger partial charge on any atom is 0.331 e. The highest BCUT2D eigenvalue weighted by Crippen LogP contribution is 2.34. The van der Waals surface area contributed by atoms with E-state index in [4.69, 9.17) is 10.5 Å². The second-order valence-corrected chi connectivity index (χ2v) is 7.20. The van der Waals surface area contributed by atoms with Gasteiger partial charge in [-0.1, -0.05) is 18.2 Å². The topological polar surface area (TPSA) is 95.5 Å². The Kier molecular flexibility index (Phi) is 5.13. The molecule has 0 bridgehead atoms. The van der Waals surface area contributed by atoms with Gasteiger partial charge < -0.3 is 10.5 Å². The van der Waals surface area contributed by atoms with Gasteiger partial charge in [-0.2, -0.15) is 0 Å². The SMILES string of the molecule is CC(C)(C)OC(=O)[C@@](C)(N)c1ccc(-c2ccc(F)cc2)cc1[N+](=O)[O-]. The third-order valence-electron chi connectivity index (χ3n) is 3.75. The van der Waals surface area contributed by atoms with Gasteiger partial charge in [0, 0.05) is 6.07 Å². The molecule has 0 spiro atoms. The average molecular weight is 360 g/mol. The van der Waals surface area contributed by atoms with Crippen molar-refractivity contribution in [2.45, 2.75) is 38.8 Å². The molecule has 0 aliphatic heterocycles. The zero-order chi connectivity index (χ0) is 19.7. The molecule has 26 heavy (non-hydrogen) atoms. The Morgan fingerprint density at radius 1 is 1.08 bits per heavy atom. The van der Waals surface area contributed by atoms with E-state index < -0.39 is 27.8 Å². The van der Waals surface area contributed by atoms with Crippen LogP contribution in [0.25, 0.3) is 11.1 Å². The summed E-state index contributed by atoms with van der Waals surface area (Å²) in [6, 6.07) is 9.92. The van der Waals surface area contributed by atoms with Gasteiger partial charge in [-0.05, 0) is 57.0 Å². The Bertz CT molecular complexity index is 840. The van der Waals surface area contributed by atoms with Crippen LogP contribution in [0.5, 0.6) is 0 Å². The number of ether oxygens (including phenoxy) is 1. The van der Waals surface area contributed by atoms with E-state index in [2.05, 4.69) is 0 Å². The molecule has 0 heterocycles. The fourth-order valence-corrected chi connectivity index (χ4v) is 2.44. The Morgan fingerprint density at radius 2 is 1.62 bits per heavy atom. The lowest BCUT2D eigenvalue weighted by atomic mass is 9.89. The van der Waals surface area contributed by atoms with Gasteiger partial charge in [-0.15, -0.1) is 0 Å². The third-order valence-corrected chi connectivity index (χ3v) is 3.75.